The third-order valence-corrected chi connectivity index (χ3v) is 4.06. The van der Waals surface area contributed by atoms with E-state index < -0.39 is 0 Å². The molecule has 0 aliphatic rings. The minimum atomic E-state index is 0.649. The Kier molecular flexibility index (Phi) is 3.56. The van der Waals surface area contributed by atoms with Crippen LogP contribution in [0.4, 0.5) is 5.95 Å². The van der Waals surface area contributed by atoms with E-state index in [1.807, 2.05) is 18.4 Å². The summed E-state index contributed by atoms with van der Waals surface area (Å²) in [6.45, 7) is 2.82. The summed E-state index contributed by atoms with van der Waals surface area (Å²) in [5, 5.41) is 7.78. The topological polar surface area (TPSA) is 63.6 Å². The maximum Gasteiger partial charge on any atom is 0.225 e. The molecule has 0 aliphatic heterocycles. The molecule has 0 unspecified atom stereocenters. The zero-order valence-corrected chi connectivity index (χ0v) is 11.8. The summed E-state index contributed by atoms with van der Waals surface area (Å²) in [4.78, 5) is 18.4. The van der Waals surface area contributed by atoms with Gasteiger partial charge in [0.15, 0.2) is 5.16 Å². The first-order valence-electron chi connectivity index (χ1n) is 5.81. The molecule has 3 heterocycles. The minimum Gasteiger partial charge on any atom is -0.354 e. The van der Waals surface area contributed by atoms with Crippen molar-refractivity contribution in [2.45, 2.75) is 17.1 Å². The molecule has 19 heavy (non-hydrogen) atoms. The number of thiophene rings is 1. The highest BCUT2D eigenvalue weighted by atomic mass is 32.2. The van der Waals surface area contributed by atoms with Gasteiger partial charge in [0.2, 0.25) is 5.95 Å². The van der Waals surface area contributed by atoms with Gasteiger partial charge in [0.1, 0.15) is 9.86 Å². The number of hydrogen-bond acceptors (Lipinski definition) is 7. The van der Waals surface area contributed by atoms with E-state index in [-0.39, 0.29) is 0 Å². The van der Waals surface area contributed by atoms with Crippen molar-refractivity contribution in [1.29, 1.82) is 0 Å². The second-order valence-electron chi connectivity index (χ2n) is 3.66. The van der Waals surface area contributed by atoms with Crippen LogP contribution in [0, 0.1) is 0 Å². The van der Waals surface area contributed by atoms with E-state index in [2.05, 4.69) is 25.3 Å². The summed E-state index contributed by atoms with van der Waals surface area (Å²) < 4.78 is 0. The van der Waals surface area contributed by atoms with Crippen LogP contribution in [0.3, 0.4) is 0 Å². The molecule has 0 aliphatic carbocycles. The number of hydrogen-bond donors (Lipinski definition) is 1. The number of nitrogens with one attached hydrogen (secondary N) is 1. The van der Waals surface area contributed by atoms with E-state index >= 15 is 0 Å². The SMILES string of the molecule is CCNc1nc(Sc2ncccn2)c2ccsc2n1. The zero-order valence-electron chi connectivity index (χ0n) is 10.2. The molecule has 3 aromatic heterocycles. The third-order valence-electron chi connectivity index (χ3n) is 2.36. The van der Waals surface area contributed by atoms with E-state index in [0.717, 1.165) is 21.8 Å². The van der Waals surface area contributed by atoms with Crippen LogP contribution in [0.15, 0.2) is 40.1 Å². The van der Waals surface area contributed by atoms with Gasteiger partial charge >= 0.3 is 0 Å². The minimum absolute atomic E-state index is 0.649. The van der Waals surface area contributed by atoms with Crippen molar-refractivity contribution in [3.8, 4) is 0 Å². The molecular weight excluding hydrogens is 278 g/mol. The van der Waals surface area contributed by atoms with E-state index in [9.17, 15) is 0 Å². The summed E-state index contributed by atoms with van der Waals surface area (Å²) in [6.07, 6.45) is 3.46. The third kappa shape index (κ3) is 2.66. The number of aromatic nitrogens is 4. The summed E-state index contributed by atoms with van der Waals surface area (Å²) in [7, 11) is 0. The Morgan fingerprint density at radius 3 is 2.89 bits per heavy atom. The largest absolute Gasteiger partial charge is 0.354 e. The lowest BCUT2D eigenvalue weighted by molar-refractivity contribution is 0.960. The van der Waals surface area contributed by atoms with Gasteiger partial charge < -0.3 is 5.32 Å². The summed E-state index contributed by atoms with van der Waals surface area (Å²) in [6, 6.07) is 3.83. The van der Waals surface area contributed by atoms with Crippen LogP contribution in [0.1, 0.15) is 6.92 Å². The highest BCUT2D eigenvalue weighted by molar-refractivity contribution is 7.99. The maximum atomic E-state index is 4.53. The molecule has 0 atom stereocenters. The van der Waals surface area contributed by atoms with Gasteiger partial charge in [-0.25, -0.2) is 19.9 Å². The monoisotopic (exact) mass is 289 g/mol. The van der Waals surface area contributed by atoms with Gasteiger partial charge in [-0.1, -0.05) is 0 Å². The van der Waals surface area contributed by atoms with Gasteiger partial charge in [-0.3, -0.25) is 0 Å². The second kappa shape index (κ2) is 5.50. The number of nitrogens with zero attached hydrogens (tertiary/aromatic N) is 4. The van der Waals surface area contributed by atoms with Gasteiger partial charge in [0.25, 0.3) is 0 Å². The van der Waals surface area contributed by atoms with Crippen molar-refractivity contribution in [1.82, 2.24) is 19.9 Å². The smallest absolute Gasteiger partial charge is 0.225 e. The van der Waals surface area contributed by atoms with Crippen LogP contribution in [0.25, 0.3) is 10.2 Å². The Balaban J connectivity index is 2.03. The van der Waals surface area contributed by atoms with Crippen molar-refractivity contribution >= 4 is 39.3 Å². The van der Waals surface area contributed by atoms with Crippen LogP contribution in [-0.2, 0) is 0 Å². The van der Waals surface area contributed by atoms with Crippen molar-refractivity contribution in [3.63, 3.8) is 0 Å². The van der Waals surface area contributed by atoms with Crippen molar-refractivity contribution in [2.24, 2.45) is 0 Å². The van der Waals surface area contributed by atoms with E-state index in [1.165, 1.54) is 11.8 Å². The Bertz CT molecular complexity index is 683. The summed E-state index contributed by atoms with van der Waals surface area (Å²) in [5.41, 5.74) is 0. The first-order chi connectivity index (χ1) is 9.36. The number of fused-ring (bicyclic) bond motifs is 1. The standard InChI is InChI=1S/C12H11N5S2/c1-2-13-11-16-9-8(4-7-18-9)10(17-11)19-12-14-5-3-6-15-12/h3-7H,2H2,1H3,(H,13,16,17). The van der Waals surface area contributed by atoms with Gasteiger partial charge in [-0.2, -0.15) is 0 Å². The van der Waals surface area contributed by atoms with Crippen LogP contribution < -0.4 is 5.32 Å². The van der Waals surface area contributed by atoms with Crippen LogP contribution in [-0.4, -0.2) is 26.5 Å². The number of rotatable bonds is 4. The predicted octanol–water partition coefficient (Wildman–Crippen LogP) is 3.06. The fourth-order valence-electron chi connectivity index (χ4n) is 1.57. The molecule has 0 amide bonds. The van der Waals surface area contributed by atoms with Gasteiger partial charge in [-0.15, -0.1) is 11.3 Å². The molecule has 0 spiro atoms. The Hall–Kier alpha value is -1.73. The first-order valence-corrected chi connectivity index (χ1v) is 7.50. The molecule has 0 fully saturated rings. The van der Waals surface area contributed by atoms with E-state index in [0.29, 0.717) is 11.1 Å². The predicted molar refractivity (Wildman–Crippen MR) is 77.7 cm³/mol. The van der Waals surface area contributed by atoms with Crippen molar-refractivity contribution in [2.75, 3.05) is 11.9 Å². The summed E-state index contributed by atoms with van der Waals surface area (Å²) >= 11 is 3.06. The molecule has 0 aromatic carbocycles. The average molecular weight is 289 g/mol. The molecule has 5 nitrogen and oxygen atoms in total. The van der Waals surface area contributed by atoms with E-state index in [1.54, 1.807) is 29.8 Å². The molecule has 1 N–H and O–H groups in total. The van der Waals surface area contributed by atoms with Gasteiger partial charge in [0.05, 0.1) is 0 Å². The lowest BCUT2D eigenvalue weighted by Gasteiger charge is -2.05. The van der Waals surface area contributed by atoms with Gasteiger partial charge in [-0.05, 0) is 36.2 Å². The lowest BCUT2D eigenvalue weighted by Crippen LogP contribution is -2.02. The molecule has 96 valence electrons. The van der Waals surface area contributed by atoms with E-state index in [4.69, 9.17) is 0 Å². The Labute approximate surface area is 118 Å². The average Bonchev–Trinajstić information content (AvgIpc) is 2.89. The maximum absolute atomic E-state index is 4.53. The van der Waals surface area contributed by atoms with Crippen LogP contribution >= 0.6 is 23.1 Å². The van der Waals surface area contributed by atoms with Crippen molar-refractivity contribution in [3.05, 3.63) is 29.9 Å². The molecule has 0 saturated carbocycles. The molecule has 0 bridgehead atoms. The quantitative estimate of drug-likeness (QED) is 0.588. The molecular formula is C12H11N5S2. The highest BCUT2D eigenvalue weighted by Gasteiger charge is 2.11. The van der Waals surface area contributed by atoms with Crippen molar-refractivity contribution < 1.29 is 0 Å². The first kappa shape index (κ1) is 12.3. The molecule has 3 rings (SSSR count). The van der Waals surface area contributed by atoms with Crippen LogP contribution in [0.2, 0.25) is 0 Å². The molecule has 3 aromatic rings. The zero-order chi connectivity index (χ0) is 13.1. The Morgan fingerprint density at radius 1 is 1.26 bits per heavy atom. The molecule has 7 heteroatoms. The number of anilines is 1. The van der Waals surface area contributed by atoms with Gasteiger partial charge in [0, 0.05) is 24.3 Å². The summed E-state index contributed by atoms with van der Waals surface area (Å²) in [5.74, 6) is 0.649. The van der Waals surface area contributed by atoms with Crippen LogP contribution in [0.5, 0.6) is 0 Å². The lowest BCUT2D eigenvalue weighted by atomic mass is 10.4. The highest BCUT2D eigenvalue weighted by Crippen LogP contribution is 2.32. The fraction of sp³-hybridized carbons (Fsp3) is 0.167. The normalized spacial score (nSPS) is 10.8. The second-order valence-corrected chi connectivity index (χ2v) is 5.51. The Morgan fingerprint density at radius 2 is 2.11 bits per heavy atom. The molecule has 0 saturated heterocycles. The molecule has 0 radical (unpaired) electrons. The fourth-order valence-corrected chi connectivity index (χ4v) is 3.20.